The van der Waals surface area contributed by atoms with Crippen LogP contribution in [-0.2, 0) is 10.0 Å². The third-order valence-corrected chi connectivity index (χ3v) is 4.48. The summed E-state index contributed by atoms with van der Waals surface area (Å²) in [6, 6.07) is 4.24. The predicted octanol–water partition coefficient (Wildman–Crippen LogP) is 0.971. The fourth-order valence-electron chi connectivity index (χ4n) is 1.81. The molecule has 112 valence electrons. The smallest absolute Gasteiger partial charge is 0.335 e. The monoisotopic (exact) mass is 300 g/mol. The molecule has 0 radical (unpaired) electrons. The van der Waals surface area contributed by atoms with E-state index in [4.69, 9.17) is 5.11 Å². The molecule has 0 amide bonds. The van der Waals surface area contributed by atoms with E-state index in [2.05, 4.69) is 10.0 Å². The van der Waals surface area contributed by atoms with Gasteiger partial charge in [0.05, 0.1) is 10.5 Å². The van der Waals surface area contributed by atoms with Crippen LogP contribution in [0.5, 0.6) is 0 Å². The lowest BCUT2D eigenvalue weighted by atomic mass is 10.1. The Bertz CT molecular complexity index is 570. The van der Waals surface area contributed by atoms with E-state index < -0.39 is 16.0 Å². The molecule has 0 saturated carbocycles. The van der Waals surface area contributed by atoms with E-state index in [0.29, 0.717) is 13.0 Å². The van der Waals surface area contributed by atoms with Crippen LogP contribution in [0.2, 0.25) is 0 Å². The van der Waals surface area contributed by atoms with Gasteiger partial charge in [-0.25, -0.2) is 17.9 Å². The maximum absolute atomic E-state index is 12.1. The number of carbonyl (C=O) groups is 1. The molecule has 0 aliphatic heterocycles. The molecule has 0 atom stereocenters. The zero-order valence-electron chi connectivity index (χ0n) is 11.6. The average Bonchev–Trinajstić information content (AvgIpc) is 2.38. The second kappa shape index (κ2) is 7.37. The van der Waals surface area contributed by atoms with Crippen LogP contribution in [0.25, 0.3) is 0 Å². The van der Waals surface area contributed by atoms with Crippen LogP contribution in [0, 0.1) is 6.92 Å². The van der Waals surface area contributed by atoms with Crippen LogP contribution < -0.4 is 10.0 Å². The normalized spacial score (nSPS) is 11.5. The van der Waals surface area contributed by atoms with E-state index in [1.165, 1.54) is 25.1 Å². The van der Waals surface area contributed by atoms with Crippen LogP contribution in [-0.4, -0.2) is 39.1 Å². The van der Waals surface area contributed by atoms with Gasteiger partial charge < -0.3 is 10.4 Å². The van der Waals surface area contributed by atoms with E-state index >= 15 is 0 Å². The summed E-state index contributed by atoms with van der Waals surface area (Å²) < 4.78 is 26.8. The molecule has 0 aliphatic carbocycles. The lowest BCUT2D eigenvalue weighted by molar-refractivity contribution is 0.0696. The molecule has 7 heteroatoms. The molecular formula is C13H20N2O4S. The Morgan fingerprint density at radius 3 is 2.60 bits per heavy atom. The molecule has 1 aromatic rings. The van der Waals surface area contributed by atoms with E-state index in [9.17, 15) is 13.2 Å². The van der Waals surface area contributed by atoms with Crippen molar-refractivity contribution in [3.05, 3.63) is 29.3 Å². The van der Waals surface area contributed by atoms with Gasteiger partial charge in [-0.05, 0) is 44.1 Å². The summed E-state index contributed by atoms with van der Waals surface area (Å²) in [6.07, 6.45) is 0.671. The number of hydrogen-bond donors (Lipinski definition) is 3. The first-order valence-corrected chi connectivity index (χ1v) is 7.91. The van der Waals surface area contributed by atoms with E-state index in [-0.39, 0.29) is 16.0 Å². The molecular weight excluding hydrogens is 280 g/mol. The van der Waals surface area contributed by atoms with Crippen molar-refractivity contribution in [1.29, 1.82) is 0 Å². The minimum absolute atomic E-state index is 0.000486. The summed E-state index contributed by atoms with van der Waals surface area (Å²) in [6.45, 7) is 5.35. The highest BCUT2D eigenvalue weighted by molar-refractivity contribution is 7.89. The fourth-order valence-corrected chi connectivity index (χ4v) is 3.15. The van der Waals surface area contributed by atoms with Gasteiger partial charge in [0.15, 0.2) is 0 Å². The molecule has 0 aromatic heterocycles. The topological polar surface area (TPSA) is 95.5 Å². The van der Waals surface area contributed by atoms with E-state index in [1.54, 1.807) is 0 Å². The highest BCUT2D eigenvalue weighted by Gasteiger charge is 2.19. The highest BCUT2D eigenvalue weighted by Crippen LogP contribution is 2.18. The highest BCUT2D eigenvalue weighted by atomic mass is 32.2. The number of hydrogen-bond acceptors (Lipinski definition) is 4. The lowest BCUT2D eigenvalue weighted by Gasteiger charge is -2.11. The first-order chi connectivity index (χ1) is 9.40. The standard InChI is InChI=1S/C13H20N2O4S/c1-3-14-8-5-9-15-20(18,19)12-7-4-6-11(10(12)2)13(16)17/h4,6-7,14-15H,3,5,8-9H2,1-2H3,(H,16,17). The Morgan fingerprint density at radius 2 is 2.00 bits per heavy atom. The van der Waals surface area contributed by atoms with Gasteiger partial charge in [-0.3, -0.25) is 0 Å². The van der Waals surface area contributed by atoms with Gasteiger partial charge in [0.1, 0.15) is 0 Å². The predicted molar refractivity (Wildman–Crippen MR) is 76.5 cm³/mol. The summed E-state index contributed by atoms with van der Waals surface area (Å²) >= 11 is 0. The van der Waals surface area contributed by atoms with Crippen LogP contribution in [0.15, 0.2) is 23.1 Å². The SMILES string of the molecule is CCNCCCNS(=O)(=O)c1cccc(C(=O)O)c1C. The van der Waals surface area contributed by atoms with Crippen molar-refractivity contribution in [1.82, 2.24) is 10.0 Å². The molecule has 0 unspecified atom stereocenters. The van der Waals surface area contributed by atoms with Crippen molar-refractivity contribution in [3.8, 4) is 0 Å². The van der Waals surface area contributed by atoms with Crippen molar-refractivity contribution < 1.29 is 18.3 Å². The zero-order valence-corrected chi connectivity index (χ0v) is 12.5. The molecule has 1 aromatic carbocycles. The first kappa shape index (κ1) is 16.6. The second-order valence-electron chi connectivity index (χ2n) is 4.34. The molecule has 20 heavy (non-hydrogen) atoms. The largest absolute Gasteiger partial charge is 0.478 e. The summed E-state index contributed by atoms with van der Waals surface area (Å²) in [5.41, 5.74) is 0.250. The van der Waals surface area contributed by atoms with Gasteiger partial charge in [-0.15, -0.1) is 0 Å². The molecule has 0 bridgehead atoms. The molecule has 1 rings (SSSR count). The summed E-state index contributed by atoms with van der Waals surface area (Å²) in [4.78, 5) is 11.0. The lowest BCUT2D eigenvalue weighted by Crippen LogP contribution is -2.28. The quantitative estimate of drug-likeness (QED) is 0.622. The van der Waals surface area contributed by atoms with E-state index in [0.717, 1.165) is 13.1 Å². The van der Waals surface area contributed by atoms with Crippen molar-refractivity contribution in [2.45, 2.75) is 25.2 Å². The maximum atomic E-state index is 12.1. The molecule has 0 fully saturated rings. The molecule has 0 saturated heterocycles. The third-order valence-electron chi connectivity index (χ3n) is 2.88. The summed E-state index contributed by atoms with van der Waals surface area (Å²) in [5, 5.41) is 12.1. The van der Waals surface area contributed by atoms with Gasteiger partial charge in [0.25, 0.3) is 0 Å². The van der Waals surface area contributed by atoms with Gasteiger partial charge >= 0.3 is 5.97 Å². The van der Waals surface area contributed by atoms with Crippen LogP contribution >= 0.6 is 0 Å². The Morgan fingerprint density at radius 1 is 1.30 bits per heavy atom. The van der Waals surface area contributed by atoms with Crippen molar-refractivity contribution >= 4 is 16.0 Å². The number of benzene rings is 1. The molecule has 3 N–H and O–H groups in total. The average molecular weight is 300 g/mol. The van der Waals surface area contributed by atoms with Crippen molar-refractivity contribution in [2.75, 3.05) is 19.6 Å². The molecule has 0 spiro atoms. The van der Waals surface area contributed by atoms with Crippen LogP contribution in [0.3, 0.4) is 0 Å². The zero-order chi connectivity index (χ0) is 15.2. The minimum atomic E-state index is -3.68. The first-order valence-electron chi connectivity index (χ1n) is 6.43. The number of carboxylic acids is 1. The number of nitrogens with one attached hydrogen (secondary N) is 2. The Hall–Kier alpha value is -1.44. The summed E-state index contributed by atoms with van der Waals surface area (Å²) in [5.74, 6) is -1.13. The van der Waals surface area contributed by atoms with Gasteiger partial charge in [0, 0.05) is 6.54 Å². The van der Waals surface area contributed by atoms with E-state index in [1.807, 2.05) is 6.92 Å². The molecule has 6 nitrogen and oxygen atoms in total. The Kier molecular flexibility index (Phi) is 6.12. The molecule has 0 aliphatic rings. The van der Waals surface area contributed by atoms with Gasteiger partial charge in [-0.1, -0.05) is 13.0 Å². The summed E-state index contributed by atoms with van der Waals surface area (Å²) in [7, 11) is -3.68. The minimum Gasteiger partial charge on any atom is -0.478 e. The van der Waals surface area contributed by atoms with Crippen LogP contribution in [0.1, 0.15) is 29.3 Å². The van der Waals surface area contributed by atoms with Crippen LogP contribution in [0.4, 0.5) is 0 Å². The van der Waals surface area contributed by atoms with Gasteiger partial charge in [-0.2, -0.15) is 0 Å². The number of rotatable bonds is 8. The Labute approximate surface area is 119 Å². The Balaban J connectivity index is 2.83. The number of sulfonamides is 1. The number of aromatic carboxylic acids is 1. The number of carboxylic acid groups (broad SMARTS) is 1. The molecule has 0 heterocycles. The second-order valence-corrected chi connectivity index (χ2v) is 6.07. The van der Waals surface area contributed by atoms with Gasteiger partial charge in [0.2, 0.25) is 10.0 Å². The van der Waals surface area contributed by atoms with Crippen molar-refractivity contribution in [3.63, 3.8) is 0 Å². The van der Waals surface area contributed by atoms with Crippen molar-refractivity contribution in [2.24, 2.45) is 0 Å². The third kappa shape index (κ3) is 4.29. The maximum Gasteiger partial charge on any atom is 0.335 e. The fraction of sp³-hybridized carbons (Fsp3) is 0.462.